The van der Waals surface area contributed by atoms with Gasteiger partial charge in [0.15, 0.2) is 0 Å². The van der Waals surface area contributed by atoms with Gasteiger partial charge >= 0.3 is 11.7 Å². The second kappa shape index (κ2) is 7.97. The van der Waals surface area contributed by atoms with Crippen LogP contribution in [0.5, 0.6) is 0 Å². The molecule has 1 N–H and O–H groups in total. The second-order valence-electron chi connectivity index (χ2n) is 8.26. The number of hydrogen-bond acceptors (Lipinski definition) is 5. The SMILES string of the molecule is Cc1oc2cc3oc(=O)c(CC(=O)N(C(=O)NC(C)C)C(C)C)c(C)c3cc2c1C. The van der Waals surface area contributed by atoms with Crippen molar-refractivity contribution in [2.45, 2.75) is 67.0 Å². The summed E-state index contributed by atoms with van der Waals surface area (Å²) in [7, 11) is 0. The van der Waals surface area contributed by atoms with Crippen molar-refractivity contribution in [3.8, 4) is 0 Å². The van der Waals surface area contributed by atoms with Crippen LogP contribution >= 0.6 is 0 Å². The van der Waals surface area contributed by atoms with Crippen LogP contribution in [0.25, 0.3) is 21.9 Å². The highest BCUT2D eigenvalue weighted by Crippen LogP contribution is 2.31. The Bertz CT molecular complexity index is 1200. The minimum absolute atomic E-state index is 0.108. The van der Waals surface area contributed by atoms with Crippen molar-refractivity contribution in [2.75, 3.05) is 0 Å². The lowest BCUT2D eigenvalue weighted by atomic mass is 10.0. The zero-order chi connectivity index (χ0) is 22.3. The highest BCUT2D eigenvalue weighted by atomic mass is 16.4. The quantitative estimate of drug-likeness (QED) is 0.643. The number of nitrogens with zero attached hydrogens (tertiary/aromatic N) is 1. The summed E-state index contributed by atoms with van der Waals surface area (Å²) in [6, 6.07) is 2.71. The van der Waals surface area contributed by atoms with E-state index in [4.69, 9.17) is 8.83 Å². The van der Waals surface area contributed by atoms with E-state index in [1.54, 1.807) is 26.8 Å². The van der Waals surface area contributed by atoms with Crippen molar-refractivity contribution in [3.63, 3.8) is 0 Å². The molecule has 30 heavy (non-hydrogen) atoms. The highest BCUT2D eigenvalue weighted by Gasteiger charge is 2.27. The fourth-order valence-corrected chi connectivity index (χ4v) is 3.62. The molecule has 2 aromatic heterocycles. The van der Waals surface area contributed by atoms with Gasteiger partial charge in [0.2, 0.25) is 5.91 Å². The number of benzene rings is 1. The molecule has 0 fully saturated rings. The molecule has 3 amide bonds. The Morgan fingerprint density at radius 2 is 1.57 bits per heavy atom. The van der Waals surface area contributed by atoms with Gasteiger partial charge < -0.3 is 14.2 Å². The first kappa shape index (κ1) is 21.6. The third-order valence-electron chi connectivity index (χ3n) is 5.33. The molecule has 0 saturated carbocycles. The average molecular weight is 412 g/mol. The van der Waals surface area contributed by atoms with Crippen LogP contribution in [-0.4, -0.2) is 28.9 Å². The van der Waals surface area contributed by atoms with E-state index in [1.807, 2.05) is 33.8 Å². The fourth-order valence-electron chi connectivity index (χ4n) is 3.62. The van der Waals surface area contributed by atoms with Crippen LogP contribution in [0, 0.1) is 20.8 Å². The van der Waals surface area contributed by atoms with Crippen LogP contribution in [0.4, 0.5) is 4.79 Å². The van der Waals surface area contributed by atoms with E-state index in [-0.39, 0.29) is 24.1 Å². The Morgan fingerprint density at radius 3 is 2.17 bits per heavy atom. The number of imide groups is 1. The van der Waals surface area contributed by atoms with Gasteiger partial charge in [0.1, 0.15) is 16.9 Å². The van der Waals surface area contributed by atoms with Crippen molar-refractivity contribution in [1.29, 1.82) is 0 Å². The zero-order valence-corrected chi connectivity index (χ0v) is 18.5. The molecule has 7 nitrogen and oxygen atoms in total. The minimum Gasteiger partial charge on any atom is -0.461 e. The van der Waals surface area contributed by atoms with E-state index in [2.05, 4.69) is 5.32 Å². The molecule has 0 atom stereocenters. The summed E-state index contributed by atoms with van der Waals surface area (Å²) in [5, 5.41) is 4.42. The van der Waals surface area contributed by atoms with Crippen LogP contribution < -0.4 is 10.9 Å². The van der Waals surface area contributed by atoms with Crippen molar-refractivity contribution in [3.05, 3.63) is 45.0 Å². The summed E-state index contributed by atoms with van der Waals surface area (Å²) in [4.78, 5) is 39.3. The first-order chi connectivity index (χ1) is 14.0. The largest absolute Gasteiger partial charge is 0.461 e. The summed E-state index contributed by atoms with van der Waals surface area (Å²) in [6.07, 6.45) is -0.213. The normalized spacial score (nSPS) is 11.6. The number of furan rings is 1. The van der Waals surface area contributed by atoms with Crippen molar-refractivity contribution in [2.24, 2.45) is 0 Å². The monoisotopic (exact) mass is 412 g/mol. The lowest BCUT2D eigenvalue weighted by Crippen LogP contribution is -2.50. The van der Waals surface area contributed by atoms with E-state index in [9.17, 15) is 14.4 Å². The summed E-state index contributed by atoms with van der Waals surface area (Å²) in [6.45, 7) is 12.8. The fraction of sp³-hybridized carbons (Fsp3) is 0.435. The minimum atomic E-state index is -0.583. The van der Waals surface area contributed by atoms with Gasteiger partial charge in [-0.3, -0.25) is 9.69 Å². The highest BCUT2D eigenvalue weighted by molar-refractivity contribution is 5.98. The first-order valence-electron chi connectivity index (χ1n) is 10.1. The number of carbonyl (C=O) groups is 2. The summed E-state index contributed by atoms with van der Waals surface area (Å²) >= 11 is 0. The number of amides is 3. The van der Waals surface area contributed by atoms with E-state index in [0.29, 0.717) is 16.7 Å². The third kappa shape index (κ3) is 3.84. The molecule has 0 saturated heterocycles. The Kier molecular flexibility index (Phi) is 5.74. The molecule has 0 aliphatic carbocycles. The van der Waals surface area contributed by atoms with E-state index < -0.39 is 17.6 Å². The van der Waals surface area contributed by atoms with E-state index >= 15 is 0 Å². The van der Waals surface area contributed by atoms with Crippen LogP contribution in [-0.2, 0) is 11.2 Å². The molecule has 7 heteroatoms. The molecule has 0 aliphatic heterocycles. The van der Waals surface area contributed by atoms with Gasteiger partial charge in [-0.15, -0.1) is 0 Å². The van der Waals surface area contributed by atoms with Gasteiger partial charge in [0, 0.05) is 28.9 Å². The maximum atomic E-state index is 13.0. The molecule has 160 valence electrons. The Hall–Kier alpha value is -3.09. The van der Waals surface area contributed by atoms with E-state index in [0.717, 1.165) is 27.0 Å². The third-order valence-corrected chi connectivity index (χ3v) is 5.33. The topological polar surface area (TPSA) is 92.8 Å². The smallest absolute Gasteiger partial charge is 0.340 e. The molecule has 1 aromatic carbocycles. The average Bonchev–Trinajstić information content (AvgIpc) is 2.90. The summed E-state index contributed by atoms with van der Waals surface area (Å²) in [5.41, 5.74) is 2.43. The number of aryl methyl sites for hydroxylation is 3. The van der Waals surface area contributed by atoms with Crippen molar-refractivity contribution >= 4 is 33.9 Å². The number of rotatable bonds is 4. The standard InChI is InChI=1S/C23H28N2O5/c1-11(2)24-23(28)25(12(3)4)21(26)9-18-14(6)17-8-16-13(5)15(7)29-19(16)10-20(17)30-22(18)27/h8,10-12H,9H2,1-7H3,(H,24,28). The molecular weight excluding hydrogens is 384 g/mol. The van der Waals surface area contributed by atoms with Crippen LogP contribution in [0.2, 0.25) is 0 Å². The first-order valence-corrected chi connectivity index (χ1v) is 10.1. The van der Waals surface area contributed by atoms with Gasteiger partial charge in [-0.1, -0.05) is 0 Å². The van der Waals surface area contributed by atoms with Crippen LogP contribution in [0.3, 0.4) is 0 Å². The Balaban J connectivity index is 2.05. The number of nitrogens with one attached hydrogen (secondary N) is 1. The summed E-state index contributed by atoms with van der Waals surface area (Å²) < 4.78 is 11.2. The second-order valence-corrected chi connectivity index (χ2v) is 8.26. The Labute approximate surface area is 175 Å². The lowest BCUT2D eigenvalue weighted by Gasteiger charge is -2.26. The van der Waals surface area contributed by atoms with Gasteiger partial charge in [-0.05, 0) is 65.7 Å². The molecule has 0 radical (unpaired) electrons. The number of fused-ring (bicyclic) bond motifs is 2. The molecule has 2 heterocycles. The van der Waals surface area contributed by atoms with Gasteiger partial charge in [-0.2, -0.15) is 0 Å². The maximum Gasteiger partial charge on any atom is 0.340 e. The van der Waals surface area contributed by atoms with Crippen LogP contribution in [0.15, 0.2) is 25.8 Å². The molecule has 0 bridgehead atoms. The lowest BCUT2D eigenvalue weighted by molar-refractivity contribution is -0.128. The van der Waals surface area contributed by atoms with Gasteiger partial charge in [0.25, 0.3) is 0 Å². The predicted molar refractivity (Wildman–Crippen MR) is 116 cm³/mol. The molecule has 0 spiro atoms. The predicted octanol–water partition coefficient (Wildman–Crippen LogP) is 4.36. The van der Waals surface area contributed by atoms with Gasteiger partial charge in [0.05, 0.1) is 12.0 Å². The molecule has 0 unspecified atom stereocenters. The van der Waals surface area contributed by atoms with Crippen LogP contribution in [0.1, 0.15) is 50.1 Å². The van der Waals surface area contributed by atoms with Crippen molar-refractivity contribution in [1.82, 2.24) is 10.2 Å². The maximum absolute atomic E-state index is 13.0. The summed E-state index contributed by atoms with van der Waals surface area (Å²) in [5.74, 6) is 0.355. The number of carbonyl (C=O) groups excluding carboxylic acids is 2. The van der Waals surface area contributed by atoms with Crippen molar-refractivity contribution < 1.29 is 18.4 Å². The molecule has 3 aromatic rings. The zero-order valence-electron chi connectivity index (χ0n) is 18.5. The van der Waals surface area contributed by atoms with E-state index in [1.165, 1.54) is 0 Å². The number of urea groups is 1. The molecule has 0 aliphatic rings. The van der Waals surface area contributed by atoms with Gasteiger partial charge in [-0.25, -0.2) is 9.59 Å². The molecular formula is C23H28N2O5. The molecule has 3 rings (SSSR count). The Morgan fingerprint density at radius 1 is 0.967 bits per heavy atom. The number of hydrogen-bond donors (Lipinski definition) is 1.